The molecule has 2 rings (SSSR count). The van der Waals surface area contributed by atoms with E-state index in [0.717, 1.165) is 33.7 Å². The fraction of sp³-hybridized carbons (Fsp3) is 0.158. The van der Waals surface area contributed by atoms with Crippen molar-refractivity contribution in [1.82, 2.24) is 10.3 Å². The van der Waals surface area contributed by atoms with Gasteiger partial charge < -0.3 is 27.8 Å². The number of aliphatic imine (C=N–C) groups is 1. The molecule has 2 heterocycles. The first-order valence-electron chi connectivity index (χ1n) is 8.09. The van der Waals surface area contributed by atoms with Crippen LogP contribution in [0.15, 0.2) is 65.4 Å². The van der Waals surface area contributed by atoms with Crippen molar-refractivity contribution in [3.8, 4) is 0 Å². The first-order valence-corrected chi connectivity index (χ1v) is 8.09. The minimum Gasteiger partial charge on any atom is -0.404 e. The normalized spacial score (nSPS) is 17.8. The Hall–Kier alpha value is -3.48. The standard InChI is InChI=1S/C19H25N7/c1-12(2)13(8-20)7-18(22)26-19-5-4-16-17(25-19)6-14(11-24-16)15(9-21)10-23-3/h4-11,19,25-26H,1,20-22H2,2-3H3/b13-8+,15-9?,18-7+,23-10?. The molecule has 1 aliphatic heterocycles. The zero-order chi connectivity index (χ0) is 19.1. The minimum absolute atomic E-state index is 0.190. The molecule has 1 unspecified atom stereocenters. The van der Waals surface area contributed by atoms with Gasteiger partial charge in [-0.1, -0.05) is 6.58 Å². The van der Waals surface area contributed by atoms with Crippen molar-refractivity contribution in [2.75, 3.05) is 12.4 Å². The van der Waals surface area contributed by atoms with Crippen LogP contribution in [0, 0.1) is 0 Å². The molecule has 7 nitrogen and oxygen atoms in total. The molecule has 0 fully saturated rings. The summed E-state index contributed by atoms with van der Waals surface area (Å²) in [4.78, 5) is 8.46. The number of aromatic nitrogens is 1. The lowest BCUT2D eigenvalue weighted by Gasteiger charge is -2.24. The molecule has 1 aromatic heterocycles. The van der Waals surface area contributed by atoms with Crippen molar-refractivity contribution in [3.63, 3.8) is 0 Å². The summed E-state index contributed by atoms with van der Waals surface area (Å²) in [6, 6.07) is 1.97. The van der Waals surface area contributed by atoms with E-state index in [1.54, 1.807) is 25.5 Å². The number of fused-ring (bicyclic) bond motifs is 1. The summed E-state index contributed by atoms with van der Waals surface area (Å²) in [6.45, 7) is 5.73. The summed E-state index contributed by atoms with van der Waals surface area (Å²) < 4.78 is 0. The molecule has 0 spiro atoms. The summed E-state index contributed by atoms with van der Waals surface area (Å²) in [7, 11) is 1.69. The molecule has 1 atom stereocenters. The molecule has 1 aliphatic rings. The quantitative estimate of drug-likeness (QED) is 0.392. The highest BCUT2D eigenvalue weighted by Gasteiger charge is 2.15. The van der Waals surface area contributed by atoms with Gasteiger partial charge in [0.15, 0.2) is 0 Å². The van der Waals surface area contributed by atoms with Crippen LogP contribution in [0.1, 0.15) is 18.2 Å². The number of nitrogens with two attached hydrogens (primary N) is 3. The second-order valence-corrected chi connectivity index (χ2v) is 5.79. The first-order chi connectivity index (χ1) is 12.5. The van der Waals surface area contributed by atoms with E-state index >= 15 is 0 Å². The summed E-state index contributed by atoms with van der Waals surface area (Å²) in [5.74, 6) is 0.472. The molecule has 0 saturated carbocycles. The zero-order valence-corrected chi connectivity index (χ0v) is 15.0. The number of allylic oxidation sites excluding steroid dienone is 4. The molecule has 0 aliphatic carbocycles. The molecule has 0 saturated heterocycles. The van der Waals surface area contributed by atoms with E-state index in [2.05, 4.69) is 27.2 Å². The summed E-state index contributed by atoms with van der Waals surface area (Å²) in [6.07, 6.45) is 11.9. The van der Waals surface area contributed by atoms with Gasteiger partial charge in [-0.3, -0.25) is 9.98 Å². The highest BCUT2D eigenvalue weighted by molar-refractivity contribution is 6.09. The summed E-state index contributed by atoms with van der Waals surface area (Å²) in [5.41, 5.74) is 22.3. The lowest BCUT2D eigenvalue weighted by molar-refractivity contribution is 0.729. The second kappa shape index (κ2) is 8.57. The van der Waals surface area contributed by atoms with Gasteiger partial charge in [-0.15, -0.1) is 0 Å². The van der Waals surface area contributed by atoms with E-state index < -0.39 is 0 Å². The Morgan fingerprint density at radius 2 is 2.15 bits per heavy atom. The van der Waals surface area contributed by atoms with E-state index in [1.165, 1.54) is 12.4 Å². The molecule has 136 valence electrons. The number of rotatable bonds is 6. The molecule has 0 amide bonds. The molecule has 0 aromatic carbocycles. The third-order valence-corrected chi connectivity index (χ3v) is 3.76. The fourth-order valence-corrected chi connectivity index (χ4v) is 2.42. The summed E-state index contributed by atoms with van der Waals surface area (Å²) >= 11 is 0. The molecular formula is C19H25N7. The number of hydrogen-bond acceptors (Lipinski definition) is 7. The predicted octanol–water partition coefficient (Wildman–Crippen LogP) is 1.66. The van der Waals surface area contributed by atoms with Crippen molar-refractivity contribution in [3.05, 3.63) is 71.6 Å². The molecule has 26 heavy (non-hydrogen) atoms. The third kappa shape index (κ3) is 4.54. The molecule has 8 N–H and O–H groups in total. The SMILES string of the molecule is C=C(C)C(/C=C(\N)NC1C=Cc2ncc(C(C=NC)=CN)cc2N1)=C/N. The fourth-order valence-electron chi connectivity index (χ4n) is 2.42. The molecule has 0 radical (unpaired) electrons. The van der Waals surface area contributed by atoms with Crippen LogP contribution >= 0.6 is 0 Å². The second-order valence-electron chi connectivity index (χ2n) is 5.79. The Morgan fingerprint density at radius 1 is 1.38 bits per heavy atom. The van der Waals surface area contributed by atoms with Crippen molar-refractivity contribution in [2.24, 2.45) is 22.2 Å². The Morgan fingerprint density at radius 3 is 2.77 bits per heavy atom. The number of nitrogens with one attached hydrogen (secondary N) is 2. The number of pyridine rings is 1. The Kier molecular flexibility index (Phi) is 6.21. The minimum atomic E-state index is -0.190. The van der Waals surface area contributed by atoms with Crippen LogP contribution in [-0.2, 0) is 0 Å². The average molecular weight is 351 g/mol. The van der Waals surface area contributed by atoms with Gasteiger partial charge in [0.25, 0.3) is 0 Å². The monoisotopic (exact) mass is 351 g/mol. The Labute approximate surface area is 153 Å². The van der Waals surface area contributed by atoms with Gasteiger partial charge in [0.05, 0.1) is 17.2 Å². The molecular weight excluding hydrogens is 326 g/mol. The number of anilines is 1. The van der Waals surface area contributed by atoms with Crippen molar-refractivity contribution < 1.29 is 0 Å². The van der Waals surface area contributed by atoms with Crippen molar-refractivity contribution in [2.45, 2.75) is 13.1 Å². The number of hydrogen-bond donors (Lipinski definition) is 5. The lowest BCUT2D eigenvalue weighted by Crippen LogP contribution is -2.38. The van der Waals surface area contributed by atoms with E-state index in [9.17, 15) is 0 Å². The van der Waals surface area contributed by atoms with Gasteiger partial charge in [0.2, 0.25) is 0 Å². The number of nitrogens with zero attached hydrogens (tertiary/aromatic N) is 2. The van der Waals surface area contributed by atoms with Gasteiger partial charge in [-0.2, -0.15) is 0 Å². The average Bonchev–Trinajstić information content (AvgIpc) is 2.63. The van der Waals surface area contributed by atoms with Crippen LogP contribution in [0.3, 0.4) is 0 Å². The van der Waals surface area contributed by atoms with E-state index in [-0.39, 0.29) is 6.17 Å². The highest BCUT2D eigenvalue weighted by Crippen LogP contribution is 2.24. The predicted molar refractivity (Wildman–Crippen MR) is 110 cm³/mol. The van der Waals surface area contributed by atoms with Gasteiger partial charge in [0.1, 0.15) is 6.17 Å². The summed E-state index contributed by atoms with van der Waals surface area (Å²) in [5, 5.41) is 6.52. The molecule has 1 aromatic rings. The van der Waals surface area contributed by atoms with Crippen LogP contribution in [0.5, 0.6) is 0 Å². The van der Waals surface area contributed by atoms with E-state index in [4.69, 9.17) is 17.2 Å². The van der Waals surface area contributed by atoms with Crippen LogP contribution in [0.4, 0.5) is 5.69 Å². The smallest absolute Gasteiger partial charge is 0.117 e. The van der Waals surface area contributed by atoms with Gasteiger partial charge in [0, 0.05) is 43.0 Å². The van der Waals surface area contributed by atoms with Crippen LogP contribution in [-0.4, -0.2) is 24.4 Å². The van der Waals surface area contributed by atoms with Crippen LogP contribution in [0.2, 0.25) is 0 Å². The van der Waals surface area contributed by atoms with Crippen LogP contribution in [0.25, 0.3) is 11.6 Å². The largest absolute Gasteiger partial charge is 0.404 e. The first kappa shape index (κ1) is 18.9. The van der Waals surface area contributed by atoms with E-state index in [1.807, 2.05) is 25.1 Å². The maximum Gasteiger partial charge on any atom is 0.117 e. The highest BCUT2D eigenvalue weighted by atomic mass is 15.2. The van der Waals surface area contributed by atoms with E-state index in [0.29, 0.717) is 5.82 Å². The zero-order valence-electron chi connectivity index (χ0n) is 15.0. The molecule has 7 heteroatoms. The van der Waals surface area contributed by atoms with Crippen molar-refractivity contribution in [1.29, 1.82) is 0 Å². The maximum absolute atomic E-state index is 6.06. The van der Waals surface area contributed by atoms with Gasteiger partial charge >= 0.3 is 0 Å². The third-order valence-electron chi connectivity index (χ3n) is 3.76. The maximum atomic E-state index is 6.06. The van der Waals surface area contributed by atoms with Crippen LogP contribution < -0.4 is 27.8 Å². The lowest BCUT2D eigenvalue weighted by atomic mass is 10.1. The topological polar surface area (TPSA) is 127 Å². The van der Waals surface area contributed by atoms with Gasteiger partial charge in [-0.25, -0.2) is 0 Å². The Balaban J connectivity index is 2.18. The molecule has 0 bridgehead atoms. The Bertz CT molecular complexity index is 828. The van der Waals surface area contributed by atoms with Crippen molar-refractivity contribution >= 4 is 23.6 Å². The van der Waals surface area contributed by atoms with Gasteiger partial charge in [-0.05, 0) is 42.4 Å².